The lowest BCUT2D eigenvalue weighted by molar-refractivity contribution is 0.627. The monoisotopic (exact) mass is 397 g/mol. The third-order valence-corrected chi connectivity index (χ3v) is 5.46. The van der Waals surface area contributed by atoms with Crippen molar-refractivity contribution in [3.8, 4) is 28.3 Å². The lowest BCUT2D eigenvalue weighted by Gasteiger charge is -2.09. The van der Waals surface area contributed by atoms with Crippen LogP contribution in [0.4, 0.5) is 8.78 Å². The van der Waals surface area contributed by atoms with E-state index in [1.54, 1.807) is 18.2 Å². The number of fused-ring (bicyclic) bond motifs is 1. The van der Waals surface area contributed by atoms with E-state index in [1.807, 2.05) is 54.6 Å². The van der Waals surface area contributed by atoms with Crippen LogP contribution in [0, 0.1) is 23.0 Å². The maximum Gasteiger partial charge on any atom is 0.148 e. The Hall–Kier alpha value is -3.51. The molecular weight excluding hydrogens is 376 g/mol. The molecule has 0 fully saturated rings. The number of unbranched alkanes of at least 4 members (excludes halogenated alkanes) is 1. The second-order valence-electron chi connectivity index (χ2n) is 7.47. The largest absolute Gasteiger partial charge is 0.206 e. The molecule has 4 rings (SSSR count). The maximum absolute atomic E-state index is 14.6. The molecule has 0 heterocycles. The predicted octanol–water partition coefficient (Wildman–Crippen LogP) is 7.67. The molecule has 0 amide bonds. The molecule has 0 spiro atoms. The number of hydrogen-bond donors (Lipinski definition) is 0. The molecule has 0 aliphatic heterocycles. The summed E-state index contributed by atoms with van der Waals surface area (Å²) in [5.41, 5.74) is 4.38. The highest BCUT2D eigenvalue weighted by Gasteiger charge is 2.10. The Morgan fingerprint density at radius 3 is 2.23 bits per heavy atom. The van der Waals surface area contributed by atoms with Crippen LogP contribution < -0.4 is 0 Å². The van der Waals surface area contributed by atoms with Crippen LogP contribution in [-0.2, 0) is 6.42 Å². The quantitative estimate of drug-likeness (QED) is 0.339. The van der Waals surface area contributed by atoms with E-state index < -0.39 is 5.82 Å². The van der Waals surface area contributed by atoms with E-state index in [0.29, 0.717) is 10.9 Å². The Labute approximate surface area is 175 Å². The number of nitriles is 1. The molecule has 0 aromatic heterocycles. The highest BCUT2D eigenvalue weighted by atomic mass is 19.1. The van der Waals surface area contributed by atoms with E-state index >= 15 is 0 Å². The fraction of sp³-hybridized carbons (Fsp3) is 0.148. The zero-order chi connectivity index (χ0) is 21.1. The van der Waals surface area contributed by atoms with E-state index in [0.717, 1.165) is 46.9 Å². The van der Waals surface area contributed by atoms with Gasteiger partial charge in [-0.1, -0.05) is 67.9 Å². The van der Waals surface area contributed by atoms with Crippen molar-refractivity contribution in [3.05, 3.63) is 95.6 Å². The van der Waals surface area contributed by atoms with Gasteiger partial charge in [0.25, 0.3) is 0 Å². The first-order valence-corrected chi connectivity index (χ1v) is 10.1. The molecule has 0 unspecified atom stereocenters. The molecule has 4 aromatic rings. The zero-order valence-electron chi connectivity index (χ0n) is 16.8. The lowest BCUT2D eigenvalue weighted by atomic mass is 9.96. The maximum atomic E-state index is 14.6. The Morgan fingerprint density at radius 1 is 0.800 bits per heavy atom. The number of halogens is 2. The molecule has 30 heavy (non-hydrogen) atoms. The molecule has 4 aromatic carbocycles. The molecule has 0 saturated heterocycles. The average Bonchev–Trinajstić information content (AvgIpc) is 2.78. The van der Waals surface area contributed by atoms with Crippen molar-refractivity contribution in [1.29, 1.82) is 5.26 Å². The van der Waals surface area contributed by atoms with Crippen LogP contribution in [0.5, 0.6) is 0 Å². The Bertz CT molecular complexity index is 1250. The second kappa shape index (κ2) is 8.47. The molecule has 0 N–H and O–H groups in total. The summed E-state index contributed by atoms with van der Waals surface area (Å²) in [7, 11) is 0. The minimum Gasteiger partial charge on any atom is -0.206 e. The van der Waals surface area contributed by atoms with Crippen molar-refractivity contribution >= 4 is 10.8 Å². The van der Waals surface area contributed by atoms with E-state index in [4.69, 9.17) is 5.26 Å². The highest BCUT2D eigenvalue weighted by molar-refractivity contribution is 5.89. The first-order valence-electron chi connectivity index (χ1n) is 10.1. The van der Waals surface area contributed by atoms with Crippen molar-refractivity contribution in [2.75, 3.05) is 0 Å². The van der Waals surface area contributed by atoms with E-state index in [-0.39, 0.29) is 11.4 Å². The summed E-state index contributed by atoms with van der Waals surface area (Å²) in [5.74, 6) is -0.694. The minimum absolute atomic E-state index is 0.0438. The van der Waals surface area contributed by atoms with Crippen molar-refractivity contribution < 1.29 is 8.78 Å². The SMILES string of the molecule is CCCCc1ccc(-c2ccc(-c3ccc4c(F)c(C#N)ccc4c3)cc2)c(F)c1. The molecule has 0 atom stereocenters. The van der Waals surface area contributed by atoms with Gasteiger partial charge in [0, 0.05) is 10.9 Å². The van der Waals surface area contributed by atoms with Gasteiger partial charge in [0.2, 0.25) is 0 Å². The van der Waals surface area contributed by atoms with Crippen LogP contribution in [-0.4, -0.2) is 0 Å². The van der Waals surface area contributed by atoms with E-state index in [1.165, 1.54) is 6.07 Å². The van der Waals surface area contributed by atoms with Gasteiger partial charge in [0.15, 0.2) is 0 Å². The second-order valence-corrected chi connectivity index (χ2v) is 7.47. The summed E-state index contributed by atoms with van der Waals surface area (Å²) in [4.78, 5) is 0. The van der Waals surface area contributed by atoms with Crippen LogP contribution in [0.1, 0.15) is 30.9 Å². The summed E-state index contributed by atoms with van der Waals surface area (Å²) < 4.78 is 28.9. The van der Waals surface area contributed by atoms with Crippen molar-refractivity contribution in [3.63, 3.8) is 0 Å². The molecule has 148 valence electrons. The highest BCUT2D eigenvalue weighted by Crippen LogP contribution is 2.30. The van der Waals surface area contributed by atoms with Crippen molar-refractivity contribution in [1.82, 2.24) is 0 Å². The van der Waals surface area contributed by atoms with Crippen LogP contribution in [0.15, 0.2) is 72.8 Å². The topological polar surface area (TPSA) is 23.8 Å². The van der Waals surface area contributed by atoms with Crippen molar-refractivity contribution in [2.24, 2.45) is 0 Å². The first-order chi connectivity index (χ1) is 14.6. The number of benzene rings is 4. The van der Waals surface area contributed by atoms with Crippen LogP contribution >= 0.6 is 0 Å². The summed E-state index contributed by atoms with van der Waals surface area (Å²) in [6, 6.07) is 23.7. The normalized spacial score (nSPS) is 10.9. The van der Waals surface area contributed by atoms with Crippen LogP contribution in [0.25, 0.3) is 33.0 Å². The fourth-order valence-electron chi connectivity index (χ4n) is 3.73. The van der Waals surface area contributed by atoms with Gasteiger partial charge in [-0.2, -0.15) is 5.26 Å². The van der Waals surface area contributed by atoms with Crippen LogP contribution in [0.2, 0.25) is 0 Å². The first kappa shape index (κ1) is 19.8. The molecular formula is C27H21F2N. The van der Waals surface area contributed by atoms with Gasteiger partial charge in [0.1, 0.15) is 17.7 Å². The zero-order valence-corrected chi connectivity index (χ0v) is 16.8. The Morgan fingerprint density at radius 2 is 1.53 bits per heavy atom. The molecule has 0 aliphatic rings. The van der Waals surface area contributed by atoms with E-state index in [2.05, 4.69) is 6.92 Å². The lowest BCUT2D eigenvalue weighted by Crippen LogP contribution is -1.90. The van der Waals surface area contributed by atoms with Gasteiger partial charge in [-0.15, -0.1) is 0 Å². The molecule has 0 radical (unpaired) electrons. The Kier molecular flexibility index (Phi) is 5.59. The van der Waals surface area contributed by atoms with Gasteiger partial charge >= 0.3 is 0 Å². The summed E-state index contributed by atoms with van der Waals surface area (Å²) in [6.07, 6.45) is 3.04. The minimum atomic E-state index is -0.491. The molecule has 0 saturated carbocycles. The number of aryl methyl sites for hydroxylation is 1. The summed E-state index contributed by atoms with van der Waals surface area (Å²) in [6.45, 7) is 2.13. The summed E-state index contributed by atoms with van der Waals surface area (Å²) >= 11 is 0. The third-order valence-electron chi connectivity index (χ3n) is 5.46. The van der Waals surface area contributed by atoms with Gasteiger partial charge in [0.05, 0.1) is 5.56 Å². The number of rotatable bonds is 5. The standard InChI is InChI=1S/C27H21F2N/c1-2-3-4-18-5-13-24(26(28)15-18)20-8-6-19(7-9-20)21-12-14-25-22(16-21)10-11-23(17-30)27(25)29/h5-16H,2-4H2,1H3. The number of hydrogen-bond acceptors (Lipinski definition) is 1. The average molecular weight is 397 g/mol. The predicted molar refractivity (Wildman–Crippen MR) is 118 cm³/mol. The van der Waals surface area contributed by atoms with Gasteiger partial charge in [-0.25, -0.2) is 8.78 Å². The molecule has 1 nitrogen and oxygen atoms in total. The molecule has 0 bridgehead atoms. The van der Waals surface area contributed by atoms with E-state index in [9.17, 15) is 8.78 Å². The third kappa shape index (κ3) is 3.82. The van der Waals surface area contributed by atoms with Gasteiger partial charge in [-0.3, -0.25) is 0 Å². The molecule has 3 heteroatoms. The van der Waals surface area contributed by atoms with Gasteiger partial charge < -0.3 is 0 Å². The number of nitrogens with zero attached hydrogens (tertiary/aromatic N) is 1. The van der Waals surface area contributed by atoms with Crippen molar-refractivity contribution in [2.45, 2.75) is 26.2 Å². The summed E-state index contributed by atoms with van der Waals surface area (Å²) in [5, 5.41) is 10.2. The van der Waals surface area contributed by atoms with Crippen LogP contribution in [0.3, 0.4) is 0 Å². The fourth-order valence-corrected chi connectivity index (χ4v) is 3.73. The Balaban J connectivity index is 1.63. The van der Waals surface area contributed by atoms with Gasteiger partial charge in [-0.05, 0) is 58.7 Å². The smallest absolute Gasteiger partial charge is 0.148 e. The molecule has 0 aliphatic carbocycles.